The number of ether oxygens (including phenoxy) is 1. The number of anilines is 1. The van der Waals surface area contributed by atoms with Crippen LogP contribution >= 0.6 is 11.3 Å². The van der Waals surface area contributed by atoms with Crippen molar-refractivity contribution in [3.05, 3.63) is 83.1 Å². The average Bonchev–Trinajstić information content (AvgIpc) is 3.56. The van der Waals surface area contributed by atoms with Gasteiger partial charge >= 0.3 is 5.97 Å². The number of sulfonamides is 1. The van der Waals surface area contributed by atoms with Crippen molar-refractivity contribution in [2.75, 3.05) is 4.31 Å². The molecule has 0 saturated carbocycles. The maximum atomic E-state index is 13.4. The molecule has 0 N–H and O–H groups in total. The third kappa shape index (κ3) is 4.03. The van der Waals surface area contributed by atoms with Crippen LogP contribution in [0.5, 0.6) is 0 Å². The third-order valence-electron chi connectivity index (χ3n) is 5.31. The zero-order valence-corrected chi connectivity index (χ0v) is 19.2. The summed E-state index contributed by atoms with van der Waals surface area (Å²) in [5, 5.41) is 5.77. The predicted octanol–water partition coefficient (Wildman–Crippen LogP) is 4.30. The summed E-state index contributed by atoms with van der Waals surface area (Å²) in [4.78, 5) is 17.7. The highest BCUT2D eigenvalue weighted by Crippen LogP contribution is 2.36. The molecule has 0 amide bonds. The van der Waals surface area contributed by atoms with Crippen LogP contribution in [0.4, 0.5) is 5.69 Å². The van der Waals surface area contributed by atoms with Crippen molar-refractivity contribution in [2.45, 2.75) is 30.9 Å². The highest BCUT2D eigenvalue weighted by molar-refractivity contribution is 7.92. The van der Waals surface area contributed by atoms with Crippen molar-refractivity contribution in [1.82, 2.24) is 10.1 Å². The minimum Gasteiger partial charge on any atom is -0.452 e. The van der Waals surface area contributed by atoms with Crippen LogP contribution in [0.3, 0.4) is 0 Å². The number of esters is 1. The Morgan fingerprint density at radius 2 is 2.03 bits per heavy atom. The van der Waals surface area contributed by atoms with Gasteiger partial charge in [-0.3, -0.25) is 4.31 Å². The topological polar surface area (TPSA) is 103 Å². The highest BCUT2D eigenvalue weighted by atomic mass is 32.2. The van der Waals surface area contributed by atoms with E-state index in [0.717, 1.165) is 10.4 Å². The molecule has 5 rings (SSSR count). The number of fused-ring (bicyclic) bond motifs is 1. The minimum atomic E-state index is -3.86. The number of carbonyl (C=O) groups excluding carboxylic acids is 1. The van der Waals surface area contributed by atoms with Gasteiger partial charge in [0, 0.05) is 6.04 Å². The highest BCUT2D eigenvalue weighted by Gasteiger charge is 2.36. The lowest BCUT2D eigenvalue weighted by Crippen LogP contribution is -2.35. The molecule has 0 saturated heterocycles. The van der Waals surface area contributed by atoms with E-state index in [1.165, 1.54) is 39.9 Å². The number of hydrogen-bond acceptors (Lipinski definition) is 8. The Bertz CT molecular complexity index is 1410. The minimum absolute atomic E-state index is 0.0262. The second-order valence-electron chi connectivity index (χ2n) is 7.58. The van der Waals surface area contributed by atoms with E-state index in [1.54, 1.807) is 6.07 Å². The van der Waals surface area contributed by atoms with E-state index in [9.17, 15) is 13.2 Å². The van der Waals surface area contributed by atoms with Gasteiger partial charge in [0.15, 0.2) is 6.61 Å². The number of carbonyl (C=O) groups is 1. The van der Waals surface area contributed by atoms with Crippen molar-refractivity contribution in [3.8, 4) is 10.7 Å². The second-order valence-corrected chi connectivity index (χ2v) is 10.3. The summed E-state index contributed by atoms with van der Waals surface area (Å²) in [5.74, 6) is -0.111. The Kier molecular flexibility index (Phi) is 5.47. The van der Waals surface area contributed by atoms with Crippen LogP contribution in [0.1, 0.15) is 28.7 Å². The Labute approximate surface area is 194 Å². The Balaban J connectivity index is 1.33. The lowest BCUT2D eigenvalue weighted by molar-refractivity contribution is 0.0429. The predicted molar refractivity (Wildman–Crippen MR) is 122 cm³/mol. The van der Waals surface area contributed by atoms with Crippen molar-refractivity contribution in [1.29, 1.82) is 0 Å². The average molecular weight is 482 g/mol. The van der Waals surface area contributed by atoms with E-state index in [-0.39, 0.29) is 29.0 Å². The second kappa shape index (κ2) is 8.45. The SMILES string of the molecule is CC1Cc2ccccc2N1S(=O)(=O)c1cccc(C(=O)OCc2nc(-c3cccs3)no2)c1. The normalized spacial score (nSPS) is 15.4. The molecule has 8 nitrogen and oxygen atoms in total. The monoisotopic (exact) mass is 481 g/mol. The van der Waals surface area contributed by atoms with Gasteiger partial charge < -0.3 is 9.26 Å². The van der Waals surface area contributed by atoms with Crippen LogP contribution < -0.4 is 4.31 Å². The quantitative estimate of drug-likeness (QED) is 0.378. The summed E-state index contributed by atoms with van der Waals surface area (Å²) in [7, 11) is -3.86. The molecule has 1 aliphatic rings. The van der Waals surface area contributed by atoms with Crippen LogP contribution in [-0.2, 0) is 27.8 Å². The lowest BCUT2D eigenvalue weighted by Gasteiger charge is -2.24. The molecule has 0 radical (unpaired) electrons. The molecule has 1 atom stereocenters. The van der Waals surface area contributed by atoms with E-state index >= 15 is 0 Å². The fourth-order valence-corrected chi connectivity index (χ4v) is 6.22. The van der Waals surface area contributed by atoms with Crippen LogP contribution in [0, 0.1) is 0 Å². The van der Waals surface area contributed by atoms with Crippen LogP contribution in [0.2, 0.25) is 0 Å². The van der Waals surface area contributed by atoms with Crippen molar-refractivity contribution in [3.63, 3.8) is 0 Å². The molecule has 0 spiro atoms. The van der Waals surface area contributed by atoms with Gasteiger partial charge in [-0.15, -0.1) is 11.3 Å². The summed E-state index contributed by atoms with van der Waals surface area (Å²) < 4.78 is 38.7. The van der Waals surface area contributed by atoms with Crippen LogP contribution in [-0.4, -0.2) is 30.6 Å². The van der Waals surface area contributed by atoms with Gasteiger partial charge in [-0.1, -0.05) is 35.5 Å². The first-order valence-corrected chi connectivity index (χ1v) is 12.5. The van der Waals surface area contributed by atoms with E-state index in [4.69, 9.17) is 9.26 Å². The van der Waals surface area contributed by atoms with Crippen LogP contribution in [0.25, 0.3) is 10.7 Å². The van der Waals surface area contributed by atoms with Gasteiger partial charge in [0.25, 0.3) is 15.9 Å². The van der Waals surface area contributed by atoms with Gasteiger partial charge in [-0.2, -0.15) is 4.98 Å². The maximum absolute atomic E-state index is 13.4. The van der Waals surface area contributed by atoms with E-state index in [0.29, 0.717) is 17.9 Å². The Hall–Kier alpha value is -3.50. The van der Waals surface area contributed by atoms with Crippen molar-refractivity contribution in [2.24, 2.45) is 0 Å². The van der Waals surface area contributed by atoms with Gasteiger partial charge in [0.2, 0.25) is 5.82 Å². The first-order chi connectivity index (χ1) is 15.9. The first-order valence-electron chi connectivity index (χ1n) is 10.2. The van der Waals surface area contributed by atoms with Crippen LogP contribution in [0.15, 0.2) is 75.5 Å². The third-order valence-corrected chi connectivity index (χ3v) is 8.10. The van der Waals surface area contributed by atoms with E-state index in [1.807, 2.05) is 42.6 Å². The molecule has 1 unspecified atom stereocenters. The van der Waals surface area contributed by atoms with Gasteiger partial charge in [0.05, 0.1) is 21.0 Å². The summed E-state index contributed by atoms with van der Waals surface area (Å²) in [6.07, 6.45) is 0.634. The number of rotatable bonds is 6. The number of thiophene rings is 1. The van der Waals surface area contributed by atoms with Gasteiger partial charge in [-0.05, 0) is 54.6 Å². The lowest BCUT2D eigenvalue weighted by atomic mass is 10.1. The Morgan fingerprint density at radius 1 is 1.18 bits per heavy atom. The molecule has 168 valence electrons. The smallest absolute Gasteiger partial charge is 0.338 e. The number of nitrogens with zero attached hydrogens (tertiary/aromatic N) is 3. The molecule has 0 aliphatic carbocycles. The molecule has 0 bridgehead atoms. The number of benzene rings is 2. The molecule has 0 fully saturated rings. The molecule has 33 heavy (non-hydrogen) atoms. The molecular formula is C23H19N3O5S2. The molecule has 3 heterocycles. The number of para-hydroxylation sites is 1. The molecular weight excluding hydrogens is 462 g/mol. The summed E-state index contributed by atoms with van der Waals surface area (Å²) in [5.41, 5.74) is 1.76. The molecule has 4 aromatic rings. The fraction of sp³-hybridized carbons (Fsp3) is 0.174. The van der Waals surface area contributed by atoms with E-state index in [2.05, 4.69) is 10.1 Å². The maximum Gasteiger partial charge on any atom is 0.338 e. The summed E-state index contributed by atoms with van der Waals surface area (Å²) in [6, 6.07) is 16.8. The first kappa shape index (κ1) is 21.4. The Morgan fingerprint density at radius 3 is 2.85 bits per heavy atom. The summed E-state index contributed by atoms with van der Waals surface area (Å²) >= 11 is 1.47. The van der Waals surface area contributed by atoms with Crippen molar-refractivity contribution >= 4 is 33.0 Å². The standard InChI is InChI=1S/C23H19N3O5S2/c1-15-12-16-6-2-3-9-19(16)26(15)33(28,29)18-8-4-7-17(13-18)23(27)30-14-21-24-22(25-31-21)20-10-5-11-32-20/h2-11,13,15H,12,14H2,1H3. The zero-order valence-electron chi connectivity index (χ0n) is 17.5. The number of hydrogen-bond donors (Lipinski definition) is 0. The molecule has 2 aromatic carbocycles. The van der Waals surface area contributed by atoms with Crippen molar-refractivity contribution < 1.29 is 22.5 Å². The van der Waals surface area contributed by atoms with Gasteiger partial charge in [0.1, 0.15) is 0 Å². The zero-order chi connectivity index (χ0) is 23.0. The van der Waals surface area contributed by atoms with Gasteiger partial charge in [-0.25, -0.2) is 13.2 Å². The summed E-state index contributed by atoms with van der Waals surface area (Å²) in [6.45, 7) is 1.65. The largest absolute Gasteiger partial charge is 0.452 e. The number of aromatic nitrogens is 2. The molecule has 2 aromatic heterocycles. The molecule has 10 heteroatoms. The fourth-order valence-electron chi connectivity index (χ4n) is 3.83. The van der Waals surface area contributed by atoms with E-state index < -0.39 is 16.0 Å². The molecule has 1 aliphatic heterocycles.